The van der Waals surface area contributed by atoms with Crippen LogP contribution in [-0.4, -0.2) is 65.2 Å². The molecule has 4 rings (SSSR count). The highest BCUT2D eigenvalue weighted by Crippen LogP contribution is 2.29. The van der Waals surface area contributed by atoms with Crippen LogP contribution in [0.5, 0.6) is 5.75 Å². The Kier molecular flexibility index (Phi) is 7.83. The van der Waals surface area contributed by atoms with Gasteiger partial charge in [0.1, 0.15) is 5.75 Å². The number of carbonyl (C=O) groups excluding carboxylic acids is 1. The van der Waals surface area contributed by atoms with E-state index in [1.165, 1.54) is 13.2 Å². The normalized spacial score (nSPS) is 16.1. The minimum absolute atomic E-state index is 0.106. The summed E-state index contributed by atoms with van der Waals surface area (Å²) >= 11 is 1.14. The van der Waals surface area contributed by atoms with Crippen molar-refractivity contribution in [1.29, 1.82) is 0 Å². The highest BCUT2D eigenvalue weighted by Gasteiger charge is 2.30. The molecule has 1 aliphatic rings. The fraction of sp³-hybridized carbons (Fsp3) is 0.304. The van der Waals surface area contributed by atoms with Gasteiger partial charge in [-0.1, -0.05) is 29.5 Å². The largest absolute Gasteiger partial charge is 0.496 e. The number of amides is 1. The van der Waals surface area contributed by atoms with Crippen LogP contribution in [0.4, 0.5) is 5.13 Å². The third kappa shape index (κ3) is 5.32. The van der Waals surface area contributed by atoms with E-state index in [4.69, 9.17) is 18.9 Å². The summed E-state index contributed by atoms with van der Waals surface area (Å²) in [6.45, 7) is 2.15. The van der Waals surface area contributed by atoms with E-state index in [1.807, 2.05) is 37.3 Å². The Labute approximate surface area is 211 Å². The zero-order valence-electron chi connectivity index (χ0n) is 20.1. The minimum Gasteiger partial charge on any atom is -0.496 e. The molecule has 1 aliphatic heterocycles. The van der Waals surface area contributed by atoms with Gasteiger partial charge in [0, 0.05) is 30.6 Å². The zero-order chi connectivity index (χ0) is 25.7. The van der Waals surface area contributed by atoms with Gasteiger partial charge in [-0.2, -0.15) is 5.10 Å². The number of ether oxygens (including phenoxy) is 4. The standard InChI is InChI=1S/C23H26N6O6S/c1-13-9-10-24-29(13)23-28-27-22(36-23)26-20(30)18-11-15(19(34-4)21(31)35-18)25-16(12-32-2)14-7-5-6-8-17(14)33-3/h5-11,16,21,25,31H,12H2,1-4H3,(H,26,27,30)/t16-,21?/m0/s1. The van der Waals surface area contributed by atoms with Crippen LogP contribution in [0.2, 0.25) is 0 Å². The number of hydrogen-bond acceptors (Lipinski definition) is 11. The molecule has 1 unspecified atom stereocenters. The SMILES string of the molecule is COC[C@H](NC1=C(OC)C(O)OC(C(=O)Nc2nnc(-n3nccc3C)s2)=C1)c1ccccc1OC. The summed E-state index contributed by atoms with van der Waals surface area (Å²) in [5, 5.41) is 29.4. The van der Waals surface area contributed by atoms with Crippen molar-refractivity contribution in [3.05, 3.63) is 71.1 Å². The molecule has 0 saturated heterocycles. The molecule has 13 heteroatoms. The molecular weight excluding hydrogens is 488 g/mol. The van der Waals surface area contributed by atoms with Crippen molar-refractivity contribution in [3.63, 3.8) is 0 Å². The molecule has 1 amide bonds. The third-order valence-electron chi connectivity index (χ3n) is 5.27. The predicted octanol–water partition coefficient (Wildman–Crippen LogP) is 2.05. The fourth-order valence-corrected chi connectivity index (χ4v) is 4.34. The number of aliphatic hydroxyl groups is 1. The highest BCUT2D eigenvalue weighted by atomic mass is 32.1. The topological polar surface area (TPSA) is 142 Å². The van der Waals surface area contributed by atoms with Crippen LogP contribution in [0.1, 0.15) is 17.3 Å². The van der Waals surface area contributed by atoms with Crippen LogP contribution >= 0.6 is 11.3 Å². The molecule has 0 saturated carbocycles. The molecule has 190 valence electrons. The Balaban J connectivity index is 1.57. The van der Waals surface area contributed by atoms with Gasteiger partial charge in [0.15, 0.2) is 11.5 Å². The molecule has 3 aromatic rings. The average molecular weight is 515 g/mol. The van der Waals surface area contributed by atoms with Gasteiger partial charge in [0.05, 0.1) is 32.6 Å². The summed E-state index contributed by atoms with van der Waals surface area (Å²) in [4.78, 5) is 13.0. The number of aryl methyl sites for hydroxylation is 1. The van der Waals surface area contributed by atoms with Crippen molar-refractivity contribution in [2.45, 2.75) is 19.3 Å². The van der Waals surface area contributed by atoms with Crippen molar-refractivity contribution >= 4 is 22.4 Å². The summed E-state index contributed by atoms with van der Waals surface area (Å²) in [5.74, 6) is -0.00596. The lowest BCUT2D eigenvalue weighted by molar-refractivity contribution is -0.124. The van der Waals surface area contributed by atoms with Crippen molar-refractivity contribution in [1.82, 2.24) is 25.3 Å². The Hall–Kier alpha value is -3.94. The van der Waals surface area contributed by atoms with Gasteiger partial charge < -0.3 is 29.4 Å². The second-order valence-electron chi connectivity index (χ2n) is 7.58. The maximum atomic E-state index is 13.0. The van der Waals surface area contributed by atoms with E-state index in [0.29, 0.717) is 16.6 Å². The maximum Gasteiger partial charge on any atom is 0.292 e. The average Bonchev–Trinajstić information content (AvgIpc) is 3.52. The first-order valence-corrected chi connectivity index (χ1v) is 11.7. The lowest BCUT2D eigenvalue weighted by atomic mass is 10.1. The van der Waals surface area contributed by atoms with Crippen molar-refractivity contribution in [2.24, 2.45) is 0 Å². The molecule has 0 spiro atoms. The predicted molar refractivity (Wildman–Crippen MR) is 130 cm³/mol. The van der Waals surface area contributed by atoms with E-state index in [0.717, 1.165) is 22.6 Å². The van der Waals surface area contributed by atoms with E-state index in [1.54, 1.807) is 25.1 Å². The van der Waals surface area contributed by atoms with Gasteiger partial charge in [0.2, 0.25) is 10.3 Å². The quantitative estimate of drug-likeness (QED) is 0.368. The van der Waals surface area contributed by atoms with Crippen LogP contribution in [0.15, 0.2) is 59.8 Å². The third-order valence-corrected chi connectivity index (χ3v) is 6.09. The monoisotopic (exact) mass is 514 g/mol. The van der Waals surface area contributed by atoms with Crippen LogP contribution in [0.3, 0.4) is 0 Å². The van der Waals surface area contributed by atoms with E-state index in [9.17, 15) is 9.90 Å². The number of rotatable bonds is 10. The lowest BCUT2D eigenvalue weighted by Gasteiger charge is -2.28. The first-order chi connectivity index (χ1) is 17.4. The van der Waals surface area contributed by atoms with Gasteiger partial charge in [-0.3, -0.25) is 10.1 Å². The van der Waals surface area contributed by atoms with Crippen molar-refractivity contribution in [3.8, 4) is 10.9 Å². The van der Waals surface area contributed by atoms with Gasteiger partial charge >= 0.3 is 0 Å². The number of aliphatic hydroxyl groups excluding tert-OH is 1. The molecule has 0 bridgehead atoms. The van der Waals surface area contributed by atoms with Crippen LogP contribution < -0.4 is 15.4 Å². The van der Waals surface area contributed by atoms with E-state index >= 15 is 0 Å². The first kappa shape index (κ1) is 25.2. The molecule has 0 radical (unpaired) electrons. The smallest absolute Gasteiger partial charge is 0.292 e. The molecule has 36 heavy (non-hydrogen) atoms. The lowest BCUT2D eigenvalue weighted by Crippen LogP contribution is -2.33. The van der Waals surface area contributed by atoms with Crippen molar-refractivity contribution in [2.75, 3.05) is 33.3 Å². The maximum absolute atomic E-state index is 13.0. The number of aromatic nitrogens is 4. The van der Waals surface area contributed by atoms with Gasteiger partial charge in [-0.05, 0) is 19.1 Å². The van der Waals surface area contributed by atoms with E-state index in [-0.39, 0.29) is 29.3 Å². The van der Waals surface area contributed by atoms with Crippen LogP contribution in [0, 0.1) is 6.92 Å². The highest BCUT2D eigenvalue weighted by molar-refractivity contribution is 7.17. The summed E-state index contributed by atoms with van der Waals surface area (Å²) in [7, 11) is 4.55. The molecule has 2 aromatic heterocycles. The summed E-state index contributed by atoms with van der Waals surface area (Å²) in [5.41, 5.74) is 2.04. The number of nitrogens with one attached hydrogen (secondary N) is 2. The van der Waals surface area contributed by atoms with Gasteiger partial charge in [-0.25, -0.2) is 4.68 Å². The number of nitrogens with zero attached hydrogens (tertiary/aromatic N) is 4. The Morgan fingerprint density at radius 3 is 2.72 bits per heavy atom. The van der Waals surface area contributed by atoms with Crippen LogP contribution in [0.25, 0.3) is 5.13 Å². The van der Waals surface area contributed by atoms with Gasteiger partial charge in [-0.15, -0.1) is 10.2 Å². The molecule has 1 aromatic carbocycles. The summed E-state index contributed by atoms with van der Waals surface area (Å²) in [6.07, 6.45) is 1.58. The number of methoxy groups -OCH3 is 3. The summed E-state index contributed by atoms with van der Waals surface area (Å²) in [6, 6.07) is 8.91. The van der Waals surface area contributed by atoms with E-state index in [2.05, 4.69) is 25.9 Å². The minimum atomic E-state index is -1.51. The second kappa shape index (κ2) is 11.2. The number of para-hydroxylation sites is 1. The molecular formula is C23H26N6O6S. The van der Waals surface area contributed by atoms with E-state index < -0.39 is 12.2 Å². The zero-order valence-corrected chi connectivity index (χ0v) is 20.9. The number of allylic oxidation sites excluding steroid dienone is 1. The molecule has 0 aliphatic carbocycles. The van der Waals surface area contributed by atoms with Crippen molar-refractivity contribution < 1.29 is 28.8 Å². The number of anilines is 1. The Bertz CT molecular complexity index is 1290. The molecule has 3 N–H and O–H groups in total. The van der Waals surface area contributed by atoms with Crippen LogP contribution in [-0.2, 0) is 19.0 Å². The first-order valence-electron chi connectivity index (χ1n) is 10.8. The van der Waals surface area contributed by atoms with Gasteiger partial charge in [0.25, 0.3) is 12.2 Å². The summed E-state index contributed by atoms with van der Waals surface area (Å²) < 4.78 is 23.2. The Morgan fingerprint density at radius 1 is 1.22 bits per heavy atom. The molecule has 0 fully saturated rings. The molecule has 3 heterocycles. The fourth-order valence-electron chi connectivity index (χ4n) is 3.58. The number of hydrogen-bond donors (Lipinski definition) is 3. The Morgan fingerprint density at radius 2 is 2.03 bits per heavy atom. The molecule has 2 atom stereocenters. The number of benzene rings is 1. The number of carbonyl (C=O) groups is 1. The second-order valence-corrected chi connectivity index (χ2v) is 8.54. The molecule has 12 nitrogen and oxygen atoms in total.